The highest BCUT2D eigenvalue weighted by Crippen LogP contribution is 2.13. The largest absolute Gasteiger partial charge is 0.272 e. The summed E-state index contributed by atoms with van der Waals surface area (Å²) in [4.78, 5) is 0. The van der Waals surface area contributed by atoms with Crippen molar-refractivity contribution in [2.24, 2.45) is 0 Å². The fraction of sp³-hybridized carbons (Fsp3) is 0.417. The van der Waals surface area contributed by atoms with Crippen LogP contribution < -0.4 is 0 Å². The first-order valence-electron chi connectivity index (χ1n) is 5.23. The lowest BCUT2D eigenvalue weighted by atomic mass is 10.2. The molecule has 0 bridgehead atoms. The zero-order chi connectivity index (χ0) is 10.6. The first-order chi connectivity index (χ1) is 6.79. The quantitative estimate of drug-likeness (QED) is 0.674. The number of nitrogens with zero attached hydrogens (tertiary/aromatic N) is 2. The van der Waals surface area contributed by atoms with Crippen LogP contribution in [0.25, 0.3) is 10.9 Å². The molecular weight excluding hydrogens is 172 g/mol. The molecule has 0 aliphatic carbocycles. The molecule has 2 rings (SSSR count). The average molecular weight is 190 g/mol. The lowest BCUT2D eigenvalue weighted by molar-refractivity contribution is 0.668. The first-order valence-corrected chi connectivity index (χ1v) is 5.23. The average Bonchev–Trinajstić information content (AvgIpc) is 2.62. The lowest BCUT2D eigenvalue weighted by Crippen LogP contribution is -1.92. The van der Waals surface area contributed by atoms with Crippen molar-refractivity contribution < 1.29 is 0 Å². The van der Waals surface area contributed by atoms with E-state index in [1.165, 1.54) is 10.9 Å². The Morgan fingerprint density at radius 2 is 2.00 bits per heavy atom. The summed E-state index contributed by atoms with van der Waals surface area (Å²) in [5, 5.41) is 5.62. The number of hydrogen-bond acceptors (Lipinski definition) is 1. The SMILES string of the molecule is CC.CCn1cc2cc(C)ccc2n1. The summed E-state index contributed by atoms with van der Waals surface area (Å²) in [6, 6.07) is 6.32. The number of fused-ring (bicyclic) bond motifs is 1. The van der Waals surface area contributed by atoms with Gasteiger partial charge in [-0.05, 0) is 26.0 Å². The molecule has 0 fully saturated rings. The first kappa shape index (κ1) is 10.8. The van der Waals surface area contributed by atoms with E-state index in [1.807, 2.05) is 18.5 Å². The molecule has 0 N–H and O–H groups in total. The van der Waals surface area contributed by atoms with E-state index in [9.17, 15) is 0 Å². The molecule has 2 aromatic rings. The topological polar surface area (TPSA) is 17.8 Å². The smallest absolute Gasteiger partial charge is 0.0923 e. The molecule has 0 amide bonds. The maximum Gasteiger partial charge on any atom is 0.0923 e. The Morgan fingerprint density at radius 1 is 1.29 bits per heavy atom. The van der Waals surface area contributed by atoms with Gasteiger partial charge >= 0.3 is 0 Å². The standard InChI is InChI=1S/C10H12N2.C2H6/c1-3-12-7-9-6-8(2)4-5-10(9)11-12;1-2/h4-7H,3H2,1-2H3;1-2H3. The summed E-state index contributed by atoms with van der Waals surface area (Å²) in [6.45, 7) is 9.13. The fourth-order valence-corrected chi connectivity index (χ4v) is 1.36. The molecule has 0 spiro atoms. The molecule has 0 saturated carbocycles. The molecule has 2 heteroatoms. The van der Waals surface area contributed by atoms with Crippen molar-refractivity contribution in [3.63, 3.8) is 0 Å². The molecule has 76 valence electrons. The van der Waals surface area contributed by atoms with Crippen LogP contribution in [0, 0.1) is 6.92 Å². The third kappa shape index (κ3) is 2.13. The molecular formula is C12H18N2. The van der Waals surface area contributed by atoms with Crippen molar-refractivity contribution in [1.82, 2.24) is 9.78 Å². The van der Waals surface area contributed by atoms with Crippen molar-refractivity contribution in [3.05, 3.63) is 30.0 Å². The molecule has 1 aromatic heterocycles. The minimum atomic E-state index is 0.938. The van der Waals surface area contributed by atoms with Crippen LogP contribution in [0.5, 0.6) is 0 Å². The van der Waals surface area contributed by atoms with E-state index in [0.29, 0.717) is 0 Å². The van der Waals surface area contributed by atoms with Crippen LogP contribution in [-0.2, 0) is 6.54 Å². The molecule has 0 atom stereocenters. The minimum Gasteiger partial charge on any atom is -0.272 e. The van der Waals surface area contributed by atoms with Gasteiger partial charge in [-0.3, -0.25) is 4.68 Å². The summed E-state index contributed by atoms with van der Waals surface area (Å²) in [5.74, 6) is 0. The van der Waals surface area contributed by atoms with Crippen molar-refractivity contribution in [2.45, 2.75) is 34.2 Å². The maximum atomic E-state index is 4.39. The number of benzene rings is 1. The van der Waals surface area contributed by atoms with Crippen LogP contribution in [-0.4, -0.2) is 9.78 Å². The predicted molar refractivity (Wildman–Crippen MR) is 61.5 cm³/mol. The normalized spacial score (nSPS) is 9.71. The van der Waals surface area contributed by atoms with Crippen LogP contribution in [0.4, 0.5) is 0 Å². The van der Waals surface area contributed by atoms with E-state index in [1.54, 1.807) is 0 Å². The van der Waals surface area contributed by atoms with Gasteiger partial charge in [-0.15, -0.1) is 0 Å². The molecule has 0 unspecified atom stereocenters. The van der Waals surface area contributed by atoms with E-state index >= 15 is 0 Å². The molecule has 0 aliphatic rings. The van der Waals surface area contributed by atoms with Gasteiger partial charge in [0, 0.05) is 18.1 Å². The maximum absolute atomic E-state index is 4.39. The number of hydrogen-bond donors (Lipinski definition) is 0. The van der Waals surface area contributed by atoms with Gasteiger partial charge in [0.05, 0.1) is 5.52 Å². The minimum absolute atomic E-state index is 0.938. The van der Waals surface area contributed by atoms with Crippen molar-refractivity contribution >= 4 is 10.9 Å². The second-order valence-corrected chi connectivity index (χ2v) is 3.05. The Balaban J connectivity index is 0.000000461. The Morgan fingerprint density at radius 3 is 2.64 bits per heavy atom. The van der Waals surface area contributed by atoms with Crippen LogP contribution in [0.2, 0.25) is 0 Å². The monoisotopic (exact) mass is 190 g/mol. The Kier molecular flexibility index (Phi) is 3.69. The Labute approximate surface area is 85.6 Å². The van der Waals surface area contributed by atoms with Crippen molar-refractivity contribution in [2.75, 3.05) is 0 Å². The van der Waals surface area contributed by atoms with Gasteiger partial charge in [0.15, 0.2) is 0 Å². The fourth-order valence-electron chi connectivity index (χ4n) is 1.36. The highest BCUT2D eigenvalue weighted by atomic mass is 15.3. The number of aromatic nitrogens is 2. The van der Waals surface area contributed by atoms with Gasteiger partial charge in [0.2, 0.25) is 0 Å². The lowest BCUT2D eigenvalue weighted by Gasteiger charge is -1.88. The third-order valence-electron chi connectivity index (χ3n) is 2.03. The molecule has 2 nitrogen and oxygen atoms in total. The molecule has 14 heavy (non-hydrogen) atoms. The molecule has 1 heterocycles. The highest BCUT2D eigenvalue weighted by molar-refractivity contribution is 5.78. The van der Waals surface area contributed by atoms with Gasteiger partial charge in [-0.2, -0.15) is 5.10 Å². The third-order valence-corrected chi connectivity index (χ3v) is 2.03. The van der Waals surface area contributed by atoms with Gasteiger partial charge in [-0.1, -0.05) is 25.5 Å². The van der Waals surface area contributed by atoms with E-state index in [0.717, 1.165) is 12.1 Å². The summed E-state index contributed by atoms with van der Waals surface area (Å²) >= 11 is 0. The van der Waals surface area contributed by atoms with E-state index < -0.39 is 0 Å². The summed E-state index contributed by atoms with van der Waals surface area (Å²) in [7, 11) is 0. The summed E-state index contributed by atoms with van der Waals surface area (Å²) in [5.41, 5.74) is 2.38. The predicted octanol–water partition coefficient (Wildman–Crippen LogP) is 3.39. The second kappa shape index (κ2) is 4.80. The zero-order valence-electron chi connectivity index (χ0n) is 9.41. The van der Waals surface area contributed by atoms with Gasteiger partial charge < -0.3 is 0 Å². The summed E-state index contributed by atoms with van der Waals surface area (Å²) < 4.78 is 1.96. The second-order valence-electron chi connectivity index (χ2n) is 3.05. The molecule has 0 aliphatic heterocycles. The Hall–Kier alpha value is -1.31. The van der Waals surface area contributed by atoms with Crippen molar-refractivity contribution in [1.29, 1.82) is 0 Å². The Bertz CT molecular complexity index is 402. The highest BCUT2D eigenvalue weighted by Gasteiger charge is 1.97. The van der Waals surface area contributed by atoms with Gasteiger partial charge in [0.25, 0.3) is 0 Å². The van der Waals surface area contributed by atoms with Gasteiger partial charge in [0.1, 0.15) is 0 Å². The van der Waals surface area contributed by atoms with E-state index in [2.05, 4.69) is 43.3 Å². The van der Waals surface area contributed by atoms with Gasteiger partial charge in [-0.25, -0.2) is 0 Å². The van der Waals surface area contributed by atoms with E-state index in [4.69, 9.17) is 0 Å². The van der Waals surface area contributed by atoms with E-state index in [-0.39, 0.29) is 0 Å². The molecule has 0 saturated heterocycles. The summed E-state index contributed by atoms with van der Waals surface area (Å²) in [6.07, 6.45) is 2.09. The molecule has 0 radical (unpaired) electrons. The number of aryl methyl sites for hydroxylation is 2. The van der Waals surface area contributed by atoms with Crippen molar-refractivity contribution in [3.8, 4) is 0 Å². The number of rotatable bonds is 1. The van der Waals surface area contributed by atoms with Crippen LogP contribution in [0.1, 0.15) is 26.3 Å². The molecule has 1 aromatic carbocycles. The van der Waals surface area contributed by atoms with Crippen LogP contribution >= 0.6 is 0 Å². The van der Waals surface area contributed by atoms with Crippen LogP contribution in [0.3, 0.4) is 0 Å². The zero-order valence-corrected chi connectivity index (χ0v) is 9.41. The van der Waals surface area contributed by atoms with Crippen LogP contribution in [0.15, 0.2) is 24.4 Å².